The lowest BCUT2D eigenvalue weighted by atomic mass is 10.1. The van der Waals surface area contributed by atoms with Crippen LogP contribution in [0, 0.1) is 10.1 Å². The van der Waals surface area contributed by atoms with Crippen LogP contribution in [0.5, 0.6) is 11.5 Å². The lowest BCUT2D eigenvalue weighted by molar-refractivity contribution is -0.386. The maximum Gasteiger partial charge on any atom is 0.315 e. The molecule has 1 N–H and O–H groups in total. The number of nitro benzene ring substituents is 1. The third-order valence-corrected chi connectivity index (χ3v) is 3.76. The summed E-state index contributed by atoms with van der Waals surface area (Å²) in [7, 11) is 1.39. The molecular formula is C19H20ClN3O5. The molecule has 1 amide bonds. The summed E-state index contributed by atoms with van der Waals surface area (Å²) in [4.78, 5) is 22.8. The van der Waals surface area contributed by atoms with Gasteiger partial charge in [-0.15, -0.1) is 0 Å². The van der Waals surface area contributed by atoms with Gasteiger partial charge in [0.1, 0.15) is 0 Å². The summed E-state index contributed by atoms with van der Waals surface area (Å²) in [5, 5.41) is 15.8. The Hall–Kier alpha value is -3.13. The summed E-state index contributed by atoms with van der Waals surface area (Å²) in [5.74, 6) is -0.0805. The summed E-state index contributed by atoms with van der Waals surface area (Å²) >= 11 is 5.81. The molecule has 0 radical (unpaired) electrons. The van der Waals surface area contributed by atoms with Crippen LogP contribution in [0.4, 0.5) is 5.69 Å². The first kappa shape index (κ1) is 21.2. The van der Waals surface area contributed by atoms with Gasteiger partial charge in [-0.25, -0.2) is 5.43 Å². The second-order valence-electron chi connectivity index (χ2n) is 6.09. The third-order valence-electron chi connectivity index (χ3n) is 3.51. The number of nitrogens with zero attached hydrogens (tertiary/aromatic N) is 2. The second-order valence-corrected chi connectivity index (χ2v) is 6.53. The quantitative estimate of drug-likeness (QED) is 0.409. The number of rotatable bonds is 8. The molecule has 2 rings (SSSR count). The van der Waals surface area contributed by atoms with E-state index < -0.39 is 4.92 Å². The van der Waals surface area contributed by atoms with Crippen LogP contribution in [-0.4, -0.2) is 30.3 Å². The molecule has 0 fully saturated rings. The van der Waals surface area contributed by atoms with Crippen molar-refractivity contribution in [2.45, 2.75) is 26.4 Å². The topological polar surface area (TPSA) is 103 Å². The molecule has 0 aliphatic heterocycles. The number of amides is 1. The van der Waals surface area contributed by atoms with Gasteiger partial charge in [-0.05, 0) is 37.6 Å². The van der Waals surface area contributed by atoms with Gasteiger partial charge >= 0.3 is 5.69 Å². The van der Waals surface area contributed by atoms with Crippen LogP contribution >= 0.6 is 11.6 Å². The van der Waals surface area contributed by atoms with E-state index in [4.69, 9.17) is 21.1 Å². The maximum absolute atomic E-state index is 12.0. The highest BCUT2D eigenvalue weighted by Gasteiger charge is 2.23. The fraction of sp³-hybridized carbons (Fsp3) is 0.263. The predicted molar refractivity (Wildman–Crippen MR) is 106 cm³/mol. The number of carbonyl (C=O) groups excluding carboxylic acids is 1. The van der Waals surface area contributed by atoms with Gasteiger partial charge in [-0.1, -0.05) is 23.7 Å². The molecule has 0 heterocycles. The Labute approximate surface area is 167 Å². The molecule has 0 aromatic heterocycles. The summed E-state index contributed by atoms with van der Waals surface area (Å²) < 4.78 is 10.7. The van der Waals surface area contributed by atoms with Gasteiger partial charge in [-0.2, -0.15) is 5.10 Å². The molecule has 148 valence electrons. The average molecular weight is 406 g/mol. The Balaban J connectivity index is 2.13. The van der Waals surface area contributed by atoms with Gasteiger partial charge in [-0.3, -0.25) is 14.9 Å². The molecule has 0 aliphatic carbocycles. The second kappa shape index (κ2) is 9.70. The Morgan fingerprint density at radius 3 is 2.57 bits per heavy atom. The highest BCUT2D eigenvalue weighted by Crippen LogP contribution is 2.38. The van der Waals surface area contributed by atoms with Crippen LogP contribution in [0.1, 0.15) is 25.0 Å². The normalized spacial score (nSPS) is 10.9. The zero-order chi connectivity index (χ0) is 20.7. The molecule has 2 aromatic carbocycles. The Bertz CT molecular complexity index is 882. The minimum absolute atomic E-state index is 0.0476. The monoisotopic (exact) mass is 405 g/mol. The van der Waals surface area contributed by atoms with Crippen molar-refractivity contribution in [2.24, 2.45) is 5.10 Å². The summed E-state index contributed by atoms with van der Waals surface area (Å²) in [6.45, 7) is 3.52. The largest absolute Gasteiger partial charge is 0.493 e. The van der Waals surface area contributed by atoms with Crippen LogP contribution in [0.3, 0.4) is 0 Å². The Morgan fingerprint density at radius 1 is 1.32 bits per heavy atom. The summed E-state index contributed by atoms with van der Waals surface area (Å²) in [5.41, 5.74) is 3.30. The highest BCUT2D eigenvalue weighted by atomic mass is 35.5. The van der Waals surface area contributed by atoms with Gasteiger partial charge < -0.3 is 9.47 Å². The molecule has 28 heavy (non-hydrogen) atoms. The van der Waals surface area contributed by atoms with Gasteiger partial charge in [0.05, 0.1) is 30.8 Å². The molecule has 2 aromatic rings. The Kier molecular flexibility index (Phi) is 7.34. The first-order valence-corrected chi connectivity index (χ1v) is 8.77. The molecular weight excluding hydrogens is 386 g/mol. The fourth-order valence-electron chi connectivity index (χ4n) is 2.33. The lowest BCUT2D eigenvalue weighted by Gasteiger charge is -2.14. The smallest absolute Gasteiger partial charge is 0.315 e. The van der Waals surface area contributed by atoms with Crippen molar-refractivity contribution in [1.82, 2.24) is 5.43 Å². The zero-order valence-electron chi connectivity index (χ0n) is 15.6. The van der Waals surface area contributed by atoms with Crippen LogP contribution < -0.4 is 14.9 Å². The van der Waals surface area contributed by atoms with E-state index >= 15 is 0 Å². The fourth-order valence-corrected chi connectivity index (χ4v) is 2.46. The first-order chi connectivity index (χ1) is 13.3. The number of ether oxygens (including phenoxy) is 2. The van der Waals surface area contributed by atoms with Crippen molar-refractivity contribution >= 4 is 29.4 Å². The third kappa shape index (κ3) is 5.95. The molecule has 8 nitrogen and oxygen atoms in total. The van der Waals surface area contributed by atoms with Crippen molar-refractivity contribution in [1.29, 1.82) is 0 Å². The molecule has 0 aliphatic rings. The zero-order valence-corrected chi connectivity index (χ0v) is 16.4. The van der Waals surface area contributed by atoms with Gasteiger partial charge in [0.2, 0.25) is 11.7 Å². The number of nitro groups is 1. The standard InChI is InChI=1S/C19H20ClN3O5/c1-12(2)28-19-16(23(25)26)8-14(9-17(19)27-3)11-21-22-18(24)10-13-4-6-15(20)7-5-13/h4-9,11-12H,10H2,1-3H3,(H,22,24)/b21-11-. The molecule has 0 saturated carbocycles. The molecule has 9 heteroatoms. The van der Waals surface area contributed by atoms with E-state index in [0.29, 0.717) is 10.6 Å². The van der Waals surface area contributed by atoms with Crippen molar-refractivity contribution < 1.29 is 19.2 Å². The summed E-state index contributed by atoms with van der Waals surface area (Å²) in [6, 6.07) is 9.72. The van der Waals surface area contributed by atoms with Crippen molar-refractivity contribution in [3.8, 4) is 11.5 Å². The molecule has 0 atom stereocenters. The lowest BCUT2D eigenvalue weighted by Crippen LogP contribution is -2.19. The minimum atomic E-state index is -0.559. The number of benzene rings is 2. The Morgan fingerprint density at radius 2 is 2.00 bits per heavy atom. The molecule has 0 saturated heterocycles. The van der Waals surface area contributed by atoms with Crippen molar-refractivity contribution in [3.63, 3.8) is 0 Å². The SMILES string of the molecule is COc1cc(/C=N\NC(=O)Cc2ccc(Cl)cc2)cc([N+](=O)[O-])c1OC(C)C. The maximum atomic E-state index is 12.0. The van der Waals surface area contributed by atoms with Gasteiger partial charge in [0.25, 0.3) is 0 Å². The minimum Gasteiger partial charge on any atom is -0.493 e. The van der Waals surface area contributed by atoms with Crippen molar-refractivity contribution in [3.05, 3.63) is 62.7 Å². The summed E-state index contributed by atoms with van der Waals surface area (Å²) in [6.07, 6.45) is 1.16. The first-order valence-electron chi connectivity index (χ1n) is 8.39. The average Bonchev–Trinajstić information content (AvgIpc) is 2.63. The van der Waals surface area contributed by atoms with Gasteiger partial charge in [0.15, 0.2) is 5.75 Å². The molecule has 0 unspecified atom stereocenters. The van der Waals surface area contributed by atoms with E-state index in [1.165, 1.54) is 19.4 Å². The van der Waals surface area contributed by atoms with E-state index in [1.54, 1.807) is 44.2 Å². The van der Waals surface area contributed by atoms with Crippen LogP contribution in [0.25, 0.3) is 0 Å². The van der Waals surface area contributed by atoms with Crippen molar-refractivity contribution in [2.75, 3.05) is 7.11 Å². The number of hydrogen-bond donors (Lipinski definition) is 1. The van der Waals surface area contributed by atoms with Gasteiger partial charge in [0, 0.05) is 16.7 Å². The number of carbonyl (C=O) groups is 1. The van der Waals surface area contributed by atoms with E-state index in [9.17, 15) is 14.9 Å². The van der Waals surface area contributed by atoms with Crippen LogP contribution in [0.15, 0.2) is 41.5 Å². The van der Waals surface area contributed by atoms with E-state index in [0.717, 1.165) is 5.56 Å². The molecule has 0 spiro atoms. The van der Waals surface area contributed by atoms with E-state index in [2.05, 4.69) is 10.5 Å². The predicted octanol–water partition coefficient (Wildman–Crippen LogP) is 3.74. The molecule has 0 bridgehead atoms. The highest BCUT2D eigenvalue weighted by molar-refractivity contribution is 6.30. The van der Waals surface area contributed by atoms with Crippen LogP contribution in [0.2, 0.25) is 5.02 Å². The van der Waals surface area contributed by atoms with Crippen LogP contribution in [-0.2, 0) is 11.2 Å². The number of nitrogens with one attached hydrogen (secondary N) is 1. The van der Waals surface area contributed by atoms with E-state index in [1.807, 2.05) is 0 Å². The number of hydrogen-bond acceptors (Lipinski definition) is 6. The van der Waals surface area contributed by atoms with E-state index in [-0.39, 0.29) is 35.6 Å². The number of methoxy groups -OCH3 is 1. The number of hydrazone groups is 1. The number of halogens is 1.